The van der Waals surface area contributed by atoms with E-state index in [1.807, 2.05) is 0 Å². The van der Waals surface area contributed by atoms with Crippen LogP contribution >= 0.6 is 11.3 Å². The largest absolute Gasteiger partial charge is 0.396 e. The molecule has 62 valence electrons. The SMILES string of the molecule is NC(CCO)c1sccc1F. The molecule has 0 aromatic carbocycles. The van der Waals surface area contributed by atoms with Crippen LogP contribution in [0, 0.1) is 5.82 Å². The molecule has 2 nitrogen and oxygen atoms in total. The van der Waals surface area contributed by atoms with E-state index in [9.17, 15) is 4.39 Å². The molecule has 0 radical (unpaired) electrons. The van der Waals surface area contributed by atoms with Gasteiger partial charge in [-0.3, -0.25) is 0 Å². The van der Waals surface area contributed by atoms with Gasteiger partial charge in [0.2, 0.25) is 0 Å². The van der Waals surface area contributed by atoms with Crippen LogP contribution in [0.2, 0.25) is 0 Å². The Morgan fingerprint density at radius 2 is 2.45 bits per heavy atom. The summed E-state index contributed by atoms with van der Waals surface area (Å²) in [7, 11) is 0. The van der Waals surface area contributed by atoms with Crippen LogP contribution in [0.25, 0.3) is 0 Å². The predicted molar refractivity (Wildman–Crippen MR) is 42.9 cm³/mol. The number of halogens is 1. The van der Waals surface area contributed by atoms with Crippen LogP contribution in [0.5, 0.6) is 0 Å². The van der Waals surface area contributed by atoms with Gasteiger partial charge in [0, 0.05) is 12.6 Å². The van der Waals surface area contributed by atoms with Crippen LogP contribution in [-0.4, -0.2) is 11.7 Å². The molecule has 0 amide bonds. The molecule has 0 spiro atoms. The molecule has 1 aromatic rings. The lowest BCUT2D eigenvalue weighted by atomic mass is 10.2. The summed E-state index contributed by atoms with van der Waals surface area (Å²) in [6.45, 7) is -0.00148. The minimum absolute atomic E-state index is 0.00148. The van der Waals surface area contributed by atoms with Crippen LogP contribution in [0.4, 0.5) is 4.39 Å². The highest BCUT2D eigenvalue weighted by molar-refractivity contribution is 7.10. The Morgan fingerprint density at radius 1 is 1.73 bits per heavy atom. The van der Waals surface area contributed by atoms with Crippen molar-refractivity contribution in [2.45, 2.75) is 12.5 Å². The summed E-state index contributed by atoms with van der Waals surface area (Å²) in [5, 5.41) is 10.2. The summed E-state index contributed by atoms with van der Waals surface area (Å²) in [6.07, 6.45) is 0.414. The van der Waals surface area contributed by atoms with Gasteiger partial charge in [-0.25, -0.2) is 4.39 Å². The molecule has 1 aromatic heterocycles. The Hall–Kier alpha value is -0.450. The van der Waals surface area contributed by atoms with E-state index in [4.69, 9.17) is 10.8 Å². The molecular weight excluding hydrogens is 165 g/mol. The zero-order valence-corrected chi connectivity index (χ0v) is 6.77. The second-order valence-electron chi connectivity index (χ2n) is 2.25. The summed E-state index contributed by atoms with van der Waals surface area (Å²) in [4.78, 5) is 0.527. The van der Waals surface area contributed by atoms with E-state index in [1.165, 1.54) is 17.4 Å². The first-order valence-corrected chi connectivity index (χ1v) is 4.23. The van der Waals surface area contributed by atoms with E-state index in [0.717, 1.165) is 0 Å². The van der Waals surface area contributed by atoms with E-state index in [1.54, 1.807) is 5.38 Å². The fourth-order valence-electron chi connectivity index (χ4n) is 0.840. The molecule has 4 heteroatoms. The zero-order valence-electron chi connectivity index (χ0n) is 5.96. The quantitative estimate of drug-likeness (QED) is 0.726. The van der Waals surface area contributed by atoms with Gasteiger partial charge in [-0.2, -0.15) is 0 Å². The Balaban J connectivity index is 2.67. The summed E-state index contributed by atoms with van der Waals surface area (Å²) in [6, 6.07) is 1.03. The van der Waals surface area contributed by atoms with Gasteiger partial charge < -0.3 is 10.8 Å². The van der Waals surface area contributed by atoms with Crippen LogP contribution in [0.1, 0.15) is 17.3 Å². The highest BCUT2D eigenvalue weighted by atomic mass is 32.1. The molecule has 0 aliphatic carbocycles. The summed E-state index contributed by atoms with van der Waals surface area (Å²) >= 11 is 1.29. The third kappa shape index (κ3) is 1.99. The van der Waals surface area contributed by atoms with Gasteiger partial charge in [0.25, 0.3) is 0 Å². The Morgan fingerprint density at radius 3 is 2.91 bits per heavy atom. The standard InChI is InChI=1S/C7H10FNOS/c8-5-2-4-11-7(5)6(9)1-3-10/h2,4,6,10H,1,3,9H2. The third-order valence-electron chi connectivity index (χ3n) is 1.42. The topological polar surface area (TPSA) is 46.2 Å². The van der Waals surface area contributed by atoms with Gasteiger partial charge in [-0.05, 0) is 17.9 Å². The molecule has 3 N–H and O–H groups in total. The van der Waals surface area contributed by atoms with Crippen molar-refractivity contribution in [2.24, 2.45) is 5.73 Å². The van der Waals surface area contributed by atoms with Crippen molar-refractivity contribution in [3.05, 3.63) is 22.1 Å². The minimum Gasteiger partial charge on any atom is -0.396 e. The molecule has 0 aliphatic rings. The van der Waals surface area contributed by atoms with Gasteiger partial charge in [0.1, 0.15) is 5.82 Å². The number of aliphatic hydroxyl groups excluding tert-OH is 1. The highest BCUT2D eigenvalue weighted by Gasteiger charge is 2.11. The van der Waals surface area contributed by atoms with E-state index in [-0.39, 0.29) is 18.5 Å². The van der Waals surface area contributed by atoms with Crippen molar-refractivity contribution >= 4 is 11.3 Å². The second kappa shape index (κ2) is 3.80. The molecule has 0 saturated heterocycles. The highest BCUT2D eigenvalue weighted by Crippen LogP contribution is 2.22. The number of thiophene rings is 1. The summed E-state index contributed by atoms with van der Waals surface area (Å²) in [5.41, 5.74) is 5.56. The Labute approximate surface area is 68.5 Å². The minimum atomic E-state index is -0.361. The first kappa shape index (κ1) is 8.64. The normalized spacial score (nSPS) is 13.4. The smallest absolute Gasteiger partial charge is 0.138 e. The number of hydrogen-bond donors (Lipinski definition) is 2. The van der Waals surface area contributed by atoms with Crippen LogP contribution in [-0.2, 0) is 0 Å². The van der Waals surface area contributed by atoms with Crippen LogP contribution in [0.3, 0.4) is 0 Å². The maximum Gasteiger partial charge on any atom is 0.138 e. The lowest BCUT2D eigenvalue weighted by Crippen LogP contribution is -2.11. The van der Waals surface area contributed by atoms with Gasteiger partial charge in [0.05, 0.1) is 4.88 Å². The molecule has 0 fully saturated rings. The molecule has 1 atom stereocenters. The molecular formula is C7H10FNOS. The Kier molecular flexibility index (Phi) is 2.99. The van der Waals surface area contributed by atoms with Crippen molar-refractivity contribution in [3.63, 3.8) is 0 Å². The fourth-order valence-corrected chi connectivity index (χ4v) is 1.65. The second-order valence-corrected chi connectivity index (χ2v) is 3.20. The third-order valence-corrected chi connectivity index (χ3v) is 2.45. The van der Waals surface area contributed by atoms with Crippen molar-refractivity contribution in [1.29, 1.82) is 0 Å². The number of nitrogens with two attached hydrogens (primary N) is 1. The van der Waals surface area contributed by atoms with Crippen molar-refractivity contribution in [3.8, 4) is 0 Å². The predicted octanol–water partition coefficient (Wildman–Crippen LogP) is 1.27. The number of hydrogen-bond acceptors (Lipinski definition) is 3. The lowest BCUT2D eigenvalue weighted by Gasteiger charge is -2.06. The van der Waals surface area contributed by atoms with E-state index < -0.39 is 0 Å². The van der Waals surface area contributed by atoms with Crippen molar-refractivity contribution < 1.29 is 9.50 Å². The van der Waals surface area contributed by atoms with Crippen molar-refractivity contribution in [2.75, 3.05) is 6.61 Å². The van der Waals surface area contributed by atoms with Gasteiger partial charge in [-0.1, -0.05) is 0 Å². The average Bonchev–Trinajstić information content (AvgIpc) is 2.36. The summed E-state index contributed by atoms with van der Waals surface area (Å²) in [5.74, 6) is -0.268. The first-order chi connectivity index (χ1) is 5.25. The van der Waals surface area contributed by atoms with E-state index >= 15 is 0 Å². The zero-order chi connectivity index (χ0) is 8.27. The maximum absolute atomic E-state index is 12.8. The summed E-state index contributed by atoms with van der Waals surface area (Å²) < 4.78 is 12.8. The molecule has 1 rings (SSSR count). The van der Waals surface area contributed by atoms with Crippen LogP contribution < -0.4 is 5.73 Å². The molecule has 11 heavy (non-hydrogen) atoms. The van der Waals surface area contributed by atoms with Gasteiger partial charge >= 0.3 is 0 Å². The molecule has 1 heterocycles. The molecule has 0 bridgehead atoms. The number of aliphatic hydroxyl groups is 1. The van der Waals surface area contributed by atoms with Crippen molar-refractivity contribution in [1.82, 2.24) is 0 Å². The Bertz CT molecular complexity index is 226. The molecule has 0 saturated carbocycles. The van der Waals surface area contributed by atoms with E-state index in [2.05, 4.69) is 0 Å². The van der Waals surface area contributed by atoms with E-state index in [0.29, 0.717) is 11.3 Å². The van der Waals surface area contributed by atoms with Crippen LogP contribution in [0.15, 0.2) is 11.4 Å². The van der Waals surface area contributed by atoms with Gasteiger partial charge in [-0.15, -0.1) is 11.3 Å². The van der Waals surface area contributed by atoms with Gasteiger partial charge in [0.15, 0.2) is 0 Å². The monoisotopic (exact) mass is 175 g/mol. The molecule has 1 unspecified atom stereocenters. The lowest BCUT2D eigenvalue weighted by molar-refractivity contribution is 0.276. The molecule has 0 aliphatic heterocycles. The average molecular weight is 175 g/mol. The first-order valence-electron chi connectivity index (χ1n) is 3.35. The number of rotatable bonds is 3. The maximum atomic E-state index is 12.8. The fraction of sp³-hybridized carbons (Fsp3) is 0.429.